The van der Waals surface area contributed by atoms with Gasteiger partial charge in [0.25, 0.3) is 0 Å². The summed E-state index contributed by atoms with van der Waals surface area (Å²) in [6, 6.07) is 0. The Bertz CT molecular complexity index is 925. The first kappa shape index (κ1) is 47.1. The van der Waals surface area contributed by atoms with Crippen LogP contribution in [0.3, 0.4) is 0 Å². The van der Waals surface area contributed by atoms with Crippen molar-refractivity contribution in [3.05, 3.63) is 0 Å². The number of ether oxygens (including phenoxy) is 3. The number of nitrogens with two attached hydrogens (primary N) is 3. The molecular weight excluding hydrogens is 657 g/mol. The number of fused-ring (bicyclic) bond motifs is 3. The molecule has 314 valence electrons. The lowest BCUT2D eigenvalue weighted by Gasteiger charge is -2.66. The highest BCUT2D eigenvalue weighted by Gasteiger charge is 2.64. The third-order valence-corrected chi connectivity index (χ3v) is 15.2. The number of unbranched alkanes of at least 4 members (excludes halogenated alkanes) is 9. The number of rotatable bonds is 30. The summed E-state index contributed by atoms with van der Waals surface area (Å²) in [5.74, 6) is 3.49. The van der Waals surface area contributed by atoms with Gasteiger partial charge in [-0.05, 0) is 150 Å². The molecule has 53 heavy (non-hydrogen) atoms. The third-order valence-electron chi connectivity index (χ3n) is 15.2. The van der Waals surface area contributed by atoms with Crippen molar-refractivity contribution in [2.24, 2.45) is 63.5 Å². The van der Waals surface area contributed by atoms with Crippen molar-refractivity contribution in [2.75, 3.05) is 52.5 Å². The molecule has 3 fully saturated rings. The van der Waals surface area contributed by atoms with Gasteiger partial charge in [0.05, 0.1) is 18.3 Å². The molecule has 0 spiro atoms. The van der Waals surface area contributed by atoms with Crippen LogP contribution in [-0.2, 0) is 14.2 Å². The summed E-state index contributed by atoms with van der Waals surface area (Å²) in [6.07, 6.45) is 27.2. The zero-order valence-corrected chi connectivity index (χ0v) is 36.2. The summed E-state index contributed by atoms with van der Waals surface area (Å²) in [7, 11) is 0. The van der Waals surface area contributed by atoms with Gasteiger partial charge in [-0.2, -0.15) is 0 Å². The van der Waals surface area contributed by atoms with Crippen molar-refractivity contribution in [1.82, 2.24) is 5.32 Å². The van der Waals surface area contributed by atoms with E-state index in [0.29, 0.717) is 61.2 Å². The molecule has 3 aliphatic carbocycles. The van der Waals surface area contributed by atoms with E-state index in [0.717, 1.165) is 71.3 Å². The Labute approximate surface area is 329 Å². The fourth-order valence-electron chi connectivity index (χ4n) is 11.6. The molecule has 0 radical (unpaired) electrons. The van der Waals surface area contributed by atoms with E-state index in [1.807, 2.05) is 0 Å². The van der Waals surface area contributed by atoms with Gasteiger partial charge < -0.3 is 36.7 Å². The van der Waals surface area contributed by atoms with Crippen molar-refractivity contribution in [1.29, 1.82) is 0 Å². The van der Waals surface area contributed by atoms with Crippen LogP contribution in [0.2, 0.25) is 0 Å². The average molecular weight is 749 g/mol. The van der Waals surface area contributed by atoms with E-state index < -0.39 is 0 Å². The van der Waals surface area contributed by atoms with Crippen molar-refractivity contribution < 1.29 is 14.2 Å². The highest BCUT2D eigenvalue weighted by Crippen LogP contribution is 2.66. The molecule has 0 aromatic carbocycles. The second-order valence-electron chi connectivity index (χ2n) is 18.5. The quantitative estimate of drug-likeness (QED) is 0.0541. The standard InChI is InChI=1S/C46H92N4O3/c1-7-9-10-11-12-13-14-15-16-17-28-50-29-18-22-36(3)37(4)46(6)40(8-2)44-41(35-43(46)53-32-21-27-49)45(5)24-23-39(51-30-19-25-47)33-38(45)34-42(44)52-31-20-26-48/h36-44,50H,7-35,47-49H2,1-6H3/t36-,37-,38+,39-,40+,41+,42-,43+,44+,45+,46-/m1/s1. The number of hydrogen-bond acceptors (Lipinski definition) is 7. The lowest BCUT2D eigenvalue weighted by molar-refractivity contribution is -0.239. The molecular formula is C46H92N4O3. The first-order valence-electron chi connectivity index (χ1n) is 23.4. The van der Waals surface area contributed by atoms with Gasteiger partial charge in [0.2, 0.25) is 0 Å². The molecule has 3 rings (SSSR count). The summed E-state index contributed by atoms with van der Waals surface area (Å²) >= 11 is 0. The maximum absolute atomic E-state index is 7.08. The number of hydrogen-bond donors (Lipinski definition) is 4. The molecule has 0 heterocycles. The van der Waals surface area contributed by atoms with E-state index in [9.17, 15) is 0 Å². The van der Waals surface area contributed by atoms with Crippen LogP contribution in [0.1, 0.15) is 176 Å². The predicted molar refractivity (Wildman–Crippen MR) is 226 cm³/mol. The smallest absolute Gasteiger partial charge is 0.0637 e. The molecule has 3 aliphatic rings. The molecule has 7 heteroatoms. The molecule has 3 saturated carbocycles. The van der Waals surface area contributed by atoms with E-state index in [1.165, 1.54) is 96.4 Å². The molecule has 0 bridgehead atoms. The fourth-order valence-corrected chi connectivity index (χ4v) is 11.6. The lowest BCUT2D eigenvalue weighted by Crippen LogP contribution is -2.64. The first-order chi connectivity index (χ1) is 25.7. The van der Waals surface area contributed by atoms with Gasteiger partial charge >= 0.3 is 0 Å². The first-order valence-corrected chi connectivity index (χ1v) is 23.4. The maximum atomic E-state index is 7.08. The van der Waals surface area contributed by atoms with Crippen LogP contribution in [0.15, 0.2) is 0 Å². The van der Waals surface area contributed by atoms with Gasteiger partial charge in [-0.25, -0.2) is 0 Å². The van der Waals surface area contributed by atoms with E-state index >= 15 is 0 Å². The van der Waals surface area contributed by atoms with Gasteiger partial charge in [-0.15, -0.1) is 0 Å². The monoisotopic (exact) mass is 749 g/mol. The molecule has 0 unspecified atom stereocenters. The molecule has 0 amide bonds. The third kappa shape index (κ3) is 13.7. The predicted octanol–water partition coefficient (Wildman–Crippen LogP) is 9.63. The van der Waals surface area contributed by atoms with Crippen LogP contribution in [-0.4, -0.2) is 70.9 Å². The zero-order chi connectivity index (χ0) is 38.5. The molecule has 0 aromatic rings. The minimum absolute atomic E-state index is 0.0779. The SMILES string of the molecule is CCCCCCCCCCCCNCCC[C@@H](C)[C@@H](C)[C@@]1(C)[C@@H](OCCCN)C[C@H]2[C@@H]([C@H](OCCCN)C[C@@H]3C[C@H](OCCCN)CC[C@@]32C)[C@@H]1CC. The lowest BCUT2D eigenvalue weighted by atomic mass is 9.41. The van der Waals surface area contributed by atoms with E-state index in [4.69, 9.17) is 31.4 Å². The van der Waals surface area contributed by atoms with Crippen molar-refractivity contribution >= 4 is 0 Å². The second-order valence-corrected chi connectivity index (χ2v) is 18.5. The highest BCUT2D eigenvalue weighted by molar-refractivity contribution is 5.12. The highest BCUT2D eigenvalue weighted by atomic mass is 16.5. The van der Waals surface area contributed by atoms with Crippen molar-refractivity contribution in [3.63, 3.8) is 0 Å². The Morgan fingerprint density at radius 1 is 0.679 bits per heavy atom. The van der Waals surface area contributed by atoms with E-state index in [2.05, 4.69) is 46.9 Å². The average Bonchev–Trinajstić information content (AvgIpc) is 3.15. The maximum Gasteiger partial charge on any atom is 0.0637 e. The second kappa shape index (κ2) is 25.9. The van der Waals surface area contributed by atoms with Gasteiger partial charge in [0.1, 0.15) is 0 Å². The van der Waals surface area contributed by atoms with Crippen LogP contribution in [0.5, 0.6) is 0 Å². The van der Waals surface area contributed by atoms with Crippen LogP contribution in [0.4, 0.5) is 0 Å². The molecule has 11 atom stereocenters. The van der Waals surface area contributed by atoms with Gasteiger partial charge in [0.15, 0.2) is 0 Å². The Morgan fingerprint density at radius 3 is 1.89 bits per heavy atom. The molecule has 0 aliphatic heterocycles. The summed E-state index contributed by atoms with van der Waals surface area (Å²) in [5.41, 5.74) is 18.2. The molecule has 7 nitrogen and oxygen atoms in total. The zero-order valence-electron chi connectivity index (χ0n) is 36.2. The number of nitrogens with one attached hydrogen (secondary N) is 1. The van der Waals surface area contributed by atoms with Gasteiger partial charge in [-0.1, -0.05) is 106 Å². The van der Waals surface area contributed by atoms with Gasteiger partial charge in [-0.3, -0.25) is 0 Å². The van der Waals surface area contributed by atoms with Gasteiger partial charge in [0, 0.05) is 19.8 Å². The van der Waals surface area contributed by atoms with E-state index in [-0.39, 0.29) is 23.0 Å². The summed E-state index contributed by atoms with van der Waals surface area (Å²) in [4.78, 5) is 0. The minimum Gasteiger partial charge on any atom is -0.378 e. The van der Waals surface area contributed by atoms with Crippen LogP contribution < -0.4 is 22.5 Å². The minimum atomic E-state index is 0.0779. The largest absolute Gasteiger partial charge is 0.378 e. The Balaban J connectivity index is 1.66. The normalized spacial score (nSPS) is 32.7. The van der Waals surface area contributed by atoms with Crippen LogP contribution in [0.25, 0.3) is 0 Å². The fraction of sp³-hybridized carbons (Fsp3) is 1.00. The van der Waals surface area contributed by atoms with Crippen LogP contribution >= 0.6 is 0 Å². The summed E-state index contributed by atoms with van der Waals surface area (Å²) in [5, 5.41) is 3.80. The Morgan fingerprint density at radius 2 is 1.26 bits per heavy atom. The van der Waals surface area contributed by atoms with Crippen molar-refractivity contribution in [2.45, 2.75) is 195 Å². The summed E-state index contributed by atoms with van der Waals surface area (Å²) in [6.45, 7) is 21.8. The Kier molecular flexibility index (Phi) is 23.0. The molecule has 7 N–H and O–H groups in total. The summed E-state index contributed by atoms with van der Waals surface area (Å²) < 4.78 is 20.5. The molecule has 0 saturated heterocycles. The molecule has 0 aromatic heterocycles. The van der Waals surface area contributed by atoms with E-state index in [1.54, 1.807) is 0 Å². The van der Waals surface area contributed by atoms with Crippen LogP contribution in [0, 0.1) is 46.3 Å². The Hall–Kier alpha value is -0.280. The van der Waals surface area contributed by atoms with Crippen molar-refractivity contribution in [3.8, 4) is 0 Å². The topological polar surface area (TPSA) is 118 Å².